The molecule has 0 saturated carbocycles. The van der Waals surface area contributed by atoms with E-state index in [1.54, 1.807) is 0 Å². The summed E-state index contributed by atoms with van der Waals surface area (Å²) in [6.45, 7) is 5.06. The highest BCUT2D eigenvalue weighted by Crippen LogP contribution is 2.29. The van der Waals surface area contributed by atoms with Crippen molar-refractivity contribution in [1.29, 1.82) is 0 Å². The largest absolute Gasteiger partial charge is 0.417 e. The highest BCUT2D eigenvalue weighted by molar-refractivity contribution is 7.99. The van der Waals surface area contributed by atoms with E-state index in [1.165, 1.54) is 17.8 Å². The lowest BCUT2D eigenvalue weighted by Gasteiger charge is -2.16. The molecule has 0 radical (unpaired) electrons. The minimum atomic E-state index is -4.31. The Morgan fingerprint density at radius 3 is 2.53 bits per heavy atom. The fourth-order valence-corrected chi connectivity index (χ4v) is 2.65. The first kappa shape index (κ1) is 16.3. The topological polar surface area (TPSA) is 24.9 Å². The summed E-state index contributed by atoms with van der Waals surface area (Å²) in [5, 5.41) is 3.99. The van der Waals surface area contributed by atoms with Crippen molar-refractivity contribution in [3.05, 3.63) is 23.9 Å². The number of pyridine rings is 1. The van der Waals surface area contributed by atoms with Gasteiger partial charge in [-0.05, 0) is 25.1 Å². The lowest BCUT2D eigenvalue weighted by molar-refractivity contribution is -0.137. The number of halogens is 3. The smallest absolute Gasteiger partial charge is 0.313 e. The Morgan fingerprint density at radius 2 is 2.05 bits per heavy atom. The molecule has 0 aliphatic carbocycles. The van der Waals surface area contributed by atoms with Crippen molar-refractivity contribution < 1.29 is 13.2 Å². The number of aromatic nitrogens is 1. The second-order valence-corrected chi connectivity index (χ2v) is 5.28. The van der Waals surface area contributed by atoms with Gasteiger partial charge in [-0.15, -0.1) is 11.8 Å². The lowest BCUT2D eigenvalue weighted by Crippen LogP contribution is -2.30. The molecule has 19 heavy (non-hydrogen) atoms. The minimum Gasteiger partial charge on any atom is -0.313 e. The zero-order valence-electron chi connectivity index (χ0n) is 11.1. The Bertz CT molecular complexity index is 359. The molecule has 0 aliphatic rings. The van der Waals surface area contributed by atoms with Crippen molar-refractivity contribution in [2.45, 2.75) is 43.9 Å². The van der Waals surface area contributed by atoms with Gasteiger partial charge in [0.1, 0.15) is 0 Å². The summed E-state index contributed by atoms with van der Waals surface area (Å²) in [5.74, 6) is 0.819. The van der Waals surface area contributed by atoms with E-state index in [4.69, 9.17) is 0 Å². The number of nitrogens with one attached hydrogen (secondary N) is 1. The third-order valence-electron chi connectivity index (χ3n) is 2.63. The van der Waals surface area contributed by atoms with Crippen molar-refractivity contribution >= 4 is 11.8 Å². The number of nitrogens with zero attached hydrogens (tertiary/aromatic N) is 1. The molecule has 0 aromatic carbocycles. The molecule has 1 unspecified atom stereocenters. The van der Waals surface area contributed by atoms with Crippen LogP contribution in [0.2, 0.25) is 0 Å². The first-order chi connectivity index (χ1) is 8.97. The van der Waals surface area contributed by atoms with Crippen LogP contribution in [0.25, 0.3) is 0 Å². The van der Waals surface area contributed by atoms with Gasteiger partial charge in [-0.1, -0.05) is 20.3 Å². The van der Waals surface area contributed by atoms with Crippen molar-refractivity contribution in [3.8, 4) is 0 Å². The molecular weight excluding hydrogens is 273 g/mol. The zero-order valence-corrected chi connectivity index (χ0v) is 11.9. The molecule has 108 valence electrons. The molecule has 1 heterocycles. The quantitative estimate of drug-likeness (QED) is 0.770. The predicted molar refractivity (Wildman–Crippen MR) is 72.3 cm³/mol. The fourth-order valence-electron chi connectivity index (χ4n) is 1.70. The molecule has 1 atom stereocenters. The standard InChI is InChI=1S/C13H19F3N2S/c1-3-5-11(17-4-2)9-19-12-7-6-10(8-18-12)13(14,15)16/h6-8,11,17H,3-5,9H2,1-2H3. The van der Waals surface area contributed by atoms with Crippen LogP contribution >= 0.6 is 11.8 Å². The summed E-state index contributed by atoms with van der Waals surface area (Å²) in [5.41, 5.74) is -0.700. The first-order valence-corrected chi connectivity index (χ1v) is 7.35. The van der Waals surface area contributed by atoms with Crippen LogP contribution in [0.5, 0.6) is 0 Å². The summed E-state index contributed by atoms with van der Waals surface area (Å²) in [6.07, 6.45) is -1.28. The summed E-state index contributed by atoms with van der Waals surface area (Å²) in [7, 11) is 0. The van der Waals surface area contributed by atoms with Gasteiger partial charge in [0.2, 0.25) is 0 Å². The van der Waals surface area contributed by atoms with Crippen LogP contribution in [-0.4, -0.2) is 23.3 Å². The molecule has 0 aliphatic heterocycles. The van der Waals surface area contributed by atoms with E-state index in [-0.39, 0.29) is 0 Å². The van der Waals surface area contributed by atoms with Gasteiger partial charge < -0.3 is 5.32 Å². The lowest BCUT2D eigenvalue weighted by atomic mass is 10.2. The summed E-state index contributed by atoms with van der Waals surface area (Å²) < 4.78 is 37.1. The fraction of sp³-hybridized carbons (Fsp3) is 0.615. The maximum absolute atomic E-state index is 12.4. The average molecular weight is 292 g/mol. The van der Waals surface area contributed by atoms with E-state index in [9.17, 15) is 13.2 Å². The predicted octanol–water partition coefficient (Wildman–Crippen LogP) is 3.97. The Hall–Kier alpha value is -0.750. The van der Waals surface area contributed by atoms with E-state index in [2.05, 4.69) is 17.2 Å². The maximum Gasteiger partial charge on any atom is 0.417 e. The molecule has 1 N–H and O–H groups in total. The maximum atomic E-state index is 12.4. The second-order valence-electron chi connectivity index (χ2n) is 4.24. The summed E-state index contributed by atoms with van der Waals surface area (Å²) in [4.78, 5) is 3.85. The third kappa shape index (κ3) is 5.82. The minimum absolute atomic E-state index is 0.379. The van der Waals surface area contributed by atoms with E-state index in [0.717, 1.165) is 37.4 Å². The Labute approximate surface area is 116 Å². The number of rotatable bonds is 7. The van der Waals surface area contributed by atoms with Gasteiger partial charge in [-0.2, -0.15) is 13.2 Å². The average Bonchev–Trinajstić information content (AvgIpc) is 2.36. The van der Waals surface area contributed by atoms with E-state index in [0.29, 0.717) is 11.1 Å². The highest BCUT2D eigenvalue weighted by atomic mass is 32.2. The van der Waals surface area contributed by atoms with Crippen molar-refractivity contribution in [2.24, 2.45) is 0 Å². The summed E-state index contributed by atoms with van der Waals surface area (Å²) in [6, 6.07) is 2.89. The number of hydrogen-bond donors (Lipinski definition) is 1. The van der Waals surface area contributed by atoms with Crippen LogP contribution in [0.15, 0.2) is 23.4 Å². The van der Waals surface area contributed by atoms with Gasteiger partial charge >= 0.3 is 6.18 Å². The van der Waals surface area contributed by atoms with Crippen LogP contribution in [-0.2, 0) is 6.18 Å². The molecule has 6 heteroatoms. The normalized spacial score (nSPS) is 13.5. The SMILES string of the molecule is CCCC(CSc1ccc(C(F)(F)F)cn1)NCC. The highest BCUT2D eigenvalue weighted by Gasteiger charge is 2.30. The number of alkyl halides is 3. The van der Waals surface area contributed by atoms with Crippen LogP contribution in [0.3, 0.4) is 0 Å². The van der Waals surface area contributed by atoms with Crippen molar-refractivity contribution in [1.82, 2.24) is 10.3 Å². The van der Waals surface area contributed by atoms with E-state index >= 15 is 0 Å². The number of thioether (sulfide) groups is 1. The first-order valence-electron chi connectivity index (χ1n) is 6.36. The van der Waals surface area contributed by atoms with Gasteiger partial charge in [-0.3, -0.25) is 0 Å². The van der Waals surface area contributed by atoms with Gasteiger partial charge in [-0.25, -0.2) is 4.98 Å². The Morgan fingerprint density at radius 1 is 1.32 bits per heavy atom. The van der Waals surface area contributed by atoms with Crippen LogP contribution in [0.4, 0.5) is 13.2 Å². The Balaban J connectivity index is 2.53. The van der Waals surface area contributed by atoms with Gasteiger partial charge in [0.15, 0.2) is 0 Å². The van der Waals surface area contributed by atoms with Crippen LogP contribution < -0.4 is 5.32 Å². The Kier molecular flexibility index (Phi) is 6.65. The van der Waals surface area contributed by atoms with Crippen LogP contribution in [0.1, 0.15) is 32.3 Å². The third-order valence-corrected chi connectivity index (χ3v) is 3.73. The van der Waals surface area contributed by atoms with Gasteiger partial charge in [0, 0.05) is 18.0 Å². The second kappa shape index (κ2) is 7.75. The molecular formula is C13H19F3N2S. The zero-order chi connectivity index (χ0) is 14.3. The monoisotopic (exact) mass is 292 g/mol. The van der Waals surface area contributed by atoms with Crippen LogP contribution in [0, 0.1) is 0 Å². The molecule has 0 fully saturated rings. The van der Waals surface area contributed by atoms with E-state index < -0.39 is 11.7 Å². The molecule has 0 spiro atoms. The molecule has 0 saturated heterocycles. The molecule has 0 amide bonds. The molecule has 1 rings (SSSR count). The summed E-state index contributed by atoms with van der Waals surface area (Å²) >= 11 is 1.49. The number of hydrogen-bond acceptors (Lipinski definition) is 3. The van der Waals surface area contributed by atoms with Gasteiger partial charge in [0.25, 0.3) is 0 Å². The van der Waals surface area contributed by atoms with Crippen molar-refractivity contribution in [2.75, 3.05) is 12.3 Å². The molecule has 0 bridgehead atoms. The van der Waals surface area contributed by atoms with E-state index in [1.807, 2.05) is 6.92 Å². The van der Waals surface area contributed by atoms with Crippen molar-refractivity contribution in [3.63, 3.8) is 0 Å². The molecule has 1 aromatic rings. The van der Waals surface area contributed by atoms with Gasteiger partial charge in [0.05, 0.1) is 10.6 Å². The molecule has 1 aromatic heterocycles. The molecule has 2 nitrogen and oxygen atoms in total.